The Bertz CT molecular complexity index is 224. The molecule has 44 valence electrons. The van der Waals surface area contributed by atoms with Crippen molar-refractivity contribution < 1.29 is 0 Å². The maximum absolute atomic E-state index is 3.94. The predicted octanol–water partition coefficient (Wildman–Crippen LogP) is 0.737. The first-order chi connectivity index (χ1) is 4.34. The minimum absolute atomic E-state index is 1.10. The van der Waals surface area contributed by atoms with Gasteiger partial charge in [-0.05, 0) is 0 Å². The molecule has 1 aromatic rings. The van der Waals surface area contributed by atoms with Crippen molar-refractivity contribution in [2.45, 2.75) is 0 Å². The van der Waals surface area contributed by atoms with E-state index in [0.29, 0.717) is 0 Å². The van der Waals surface area contributed by atoms with Gasteiger partial charge in [-0.15, -0.1) is 0 Å². The third kappa shape index (κ3) is 1.61. The molecule has 3 heteroatoms. The Hall–Kier alpha value is -0.185. The second-order valence-corrected chi connectivity index (χ2v) is 2.76. The van der Waals surface area contributed by atoms with Crippen molar-refractivity contribution >= 4 is 36.0 Å². The number of aromatic nitrogens is 1. The number of pyridine rings is 1. The second kappa shape index (κ2) is 3.10. The van der Waals surface area contributed by atoms with E-state index < -0.39 is 0 Å². The minimum atomic E-state index is 1.10. The first-order valence-electron chi connectivity index (χ1n) is 2.56. The zero-order valence-electron chi connectivity index (χ0n) is 4.84. The fourth-order valence-corrected chi connectivity index (χ4v) is 1.06. The maximum atomic E-state index is 3.94. The normalized spacial score (nSPS) is 8.89. The molecule has 9 heavy (non-hydrogen) atoms. The van der Waals surface area contributed by atoms with Crippen molar-refractivity contribution in [1.29, 1.82) is 0 Å². The average Bonchev–Trinajstić information content (AvgIpc) is 1.89. The molecule has 0 aliphatic heterocycles. The van der Waals surface area contributed by atoms with E-state index in [9.17, 15) is 0 Å². The van der Waals surface area contributed by atoms with Crippen LogP contribution in [0.4, 0.5) is 0 Å². The Kier molecular flexibility index (Phi) is 2.39. The summed E-state index contributed by atoms with van der Waals surface area (Å²) in [5, 5.41) is 0. The number of halogens is 1. The van der Waals surface area contributed by atoms with Crippen molar-refractivity contribution in [2.75, 3.05) is 0 Å². The number of hydrogen-bond acceptors (Lipinski definition) is 1. The van der Waals surface area contributed by atoms with Gasteiger partial charge in [0.15, 0.2) is 0 Å². The second-order valence-electron chi connectivity index (χ2n) is 1.60. The van der Waals surface area contributed by atoms with Crippen molar-refractivity contribution in [3.63, 3.8) is 0 Å². The van der Waals surface area contributed by atoms with Gasteiger partial charge in [-0.1, -0.05) is 0 Å². The summed E-state index contributed by atoms with van der Waals surface area (Å²) in [6.45, 7) is 0. The van der Waals surface area contributed by atoms with Crippen molar-refractivity contribution in [3.8, 4) is 0 Å². The molecule has 0 aliphatic rings. The van der Waals surface area contributed by atoms with E-state index in [2.05, 4.69) is 35.1 Å². The Morgan fingerprint density at radius 3 is 2.89 bits per heavy atom. The van der Waals surface area contributed by atoms with Gasteiger partial charge in [-0.3, -0.25) is 0 Å². The fourth-order valence-electron chi connectivity index (χ4n) is 0.540. The zero-order valence-corrected chi connectivity index (χ0v) is 7.00. The van der Waals surface area contributed by atoms with Crippen molar-refractivity contribution in [1.82, 2.24) is 4.98 Å². The summed E-state index contributed by atoms with van der Waals surface area (Å²) in [5.74, 6) is 1.80. The molecule has 1 aromatic heterocycles. The molecule has 1 nitrogen and oxygen atoms in total. The number of nitrogens with zero attached hydrogens (tertiary/aromatic N) is 1. The quantitative estimate of drug-likeness (QED) is 0.511. The molecule has 0 bridgehead atoms. The molecular formula is C6H5BIN. The molecule has 0 fully saturated rings. The van der Waals surface area contributed by atoms with Crippen LogP contribution in [-0.4, -0.2) is 18.4 Å². The van der Waals surface area contributed by atoms with Gasteiger partial charge in [0.25, 0.3) is 0 Å². The summed E-state index contributed by atoms with van der Waals surface area (Å²) >= 11 is 2.25. The van der Waals surface area contributed by atoms with Crippen LogP contribution in [0.2, 0.25) is 0 Å². The van der Waals surface area contributed by atoms with Crippen molar-refractivity contribution in [2.24, 2.45) is 0 Å². The molecule has 1 rings (SSSR count). The molecule has 0 saturated heterocycles. The zero-order chi connectivity index (χ0) is 6.69. The van der Waals surface area contributed by atoms with Gasteiger partial charge in [0, 0.05) is 0 Å². The summed E-state index contributed by atoms with van der Waals surface area (Å²) < 4.78 is 1.19. The Balaban J connectivity index is 3.15. The van der Waals surface area contributed by atoms with E-state index in [1.807, 2.05) is 6.07 Å². The Labute approximate surface area is 68.7 Å². The summed E-state index contributed by atoms with van der Waals surface area (Å²) in [6.07, 6.45) is 3.57. The predicted molar refractivity (Wildman–Crippen MR) is 49.3 cm³/mol. The van der Waals surface area contributed by atoms with Gasteiger partial charge in [0.05, 0.1) is 0 Å². The molecule has 0 atom stereocenters. The molecule has 1 heterocycles. The van der Waals surface area contributed by atoms with E-state index in [0.717, 1.165) is 5.56 Å². The van der Waals surface area contributed by atoms with Gasteiger partial charge in [-0.25, -0.2) is 0 Å². The van der Waals surface area contributed by atoms with E-state index in [4.69, 9.17) is 0 Å². The van der Waals surface area contributed by atoms with Gasteiger partial charge >= 0.3 is 68.6 Å². The van der Waals surface area contributed by atoms with E-state index in [-0.39, 0.29) is 0 Å². The molecule has 0 N–H and O–H groups in total. The van der Waals surface area contributed by atoms with Crippen LogP contribution in [-0.2, 0) is 0 Å². The van der Waals surface area contributed by atoms with Crippen LogP contribution in [0.1, 0.15) is 5.56 Å². The molecule has 0 radical (unpaired) electrons. The summed E-state index contributed by atoms with van der Waals surface area (Å²) in [7, 11) is 3.65. The standard InChI is InChI=1S/C6H5BIN/c7-3-5-4-9-2-1-6(5)8/h1-4,7H. The molecule has 0 aromatic carbocycles. The van der Waals surface area contributed by atoms with Crippen LogP contribution >= 0.6 is 22.6 Å². The van der Waals surface area contributed by atoms with E-state index >= 15 is 0 Å². The van der Waals surface area contributed by atoms with Gasteiger partial charge in [0.1, 0.15) is 0 Å². The van der Waals surface area contributed by atoms with Gasteiger partial charge in [0.2, 0.25) is 0 Å². The molecule has 0 aliphatic carbocycles. The topological polar surface area (TPSA) is 12.9 Å². The summed E-state index contributed by atoms with van der Waals surface area (Å²) in [6, 6.07) is 1.96. The molecule has 0 amide bonds. The average molecular weight is 229 g/mol. The van der Waals surface area contributed by atoms with Crippen LogP contribution < -0.4 is 0 Å². The fraction of sp³-hybridized carbons (Fsp3) is 0. The van der Waals surface area contributed by atoms with Crippen molar-refractivity contribution in [3.05, 3.63) is 27.6 Å². The first kappa shape index (κ1) is 6.93. The molecule has 0 unspecified atom stereocenters. The Morgan fingerprint density at radius 2 is 2.44 bits per heavy atom. The number of hydrogen-bond donors (Lipinski definition) is 0. The van der Waals surface area contributed by atoms with Gasteiger partial charge in [-0.2, -0.15) is 0 Å². The molecular weight excluding hydrogens is 224 g/mol. The molecule has 0 saturated carbocycles. The Morgan fingerprint density at radius 1 is 1.67 bits per heavy atom. The van der Waals surface area contributed by atoms with Crippen LogP contribution in [0.3, 0.4) is 0 Å². The summed E-state index contributed by atoms with van der Waals surface area (Å²) in [5.41, 5.74) is 1.10. The SMILES string of the molecule is B=Cc1cnccc1I. The van der Waals surface area contributed by atoms with Crippen LogP contribution in [0.25, 0.3) is 0 Å². The first-order valence-corrected chi connectivity index (χ1v) is 3.64. The van der Waals surface area contributed by atoms with Crippen LogP contribution in [0.5, 0.6) is 0 Å². The van der Waals surface area contributed by atoms with Crippen LogP contribution in [0, 0.1) is 3.57 Å². The monoisotopic (exact) mass is 229 g/mol. The number of rotatable bonds is 1. The van der Waals surface area contributed by atoms with Gasteiger partial charge < -0.3 is 0 Å². The third-order valence-electron chi connectivity index (χ3n) is 1.02. The van der Waals surface area contributed by atoms with E-state index in [1.54, 1.807) is 18.4 Å². The third-order valence-corrected chi connectivity index (χ3v) is 2.00. The van der Waals surface area contributed by atoms with E-state index in [1.165, 1.54) is 3.57 Å². The summed E-state index contributed by atoms with van der Waals surface area (Å²) in [4.78, 5) is 3.94. The van der Waals surface area contributed by atoms with Crippen LogP contribution in [0.15, 0.2) is 18.5 Å². The molecule has 0 spiro atoms.